The van der Waals surface area contributed by atoms with E-state index in [9.17, 15) is 27.5 Å². The Kier molecular flexibility index (Phi) is 4.80. The fourth-order valence-electron chi connectivity index (χ4n) is 5.01. The van der Waals surface area contributed by atoms with Gasteiger partial charge in [0, 0.05) is 38.0 Å². The number of halogens is 4. The summed E-state index contributed by atoms with van der Waals surface area (Å²) in [5.74, 6) is -0.0120. The zero-order valence-electron chi connectivity index (χ0n) is 15.5. The van der Waals surface area contributed by atoms with E-state index in [-0.39, 0.29) is 42.9 Å². The number of carbonyl (C=O) groups is 1. The van der Waals surface area contributed by atoms with Crippen molar-refractivity contribution in [3.05, 3.63) is 35.6 Å². The van der Waals surface area contributed by atoms with Crippen LogP contribution in [-0.2, 0) is 0 Å². The Bertz CT molecular complexity index is 715. The van der Waals surface area contributed by atoms with Crippen molar-refractivity contribution < 1.29 is 27.5 Å². The maximum absolute atomic E-state index is 13.2. The zero-order chi connectivity index (χ0) is 20.1. The molecular formula is C20H24F4N2O2. The van der Waals surface area contributed by atoms with Gasteiger partial charge in [0.2, 0.25) is 0 Å². The predicted octanol–water partition coefficient (Wildman–Crippen LogP) is 4.05. The number of aliphatic hydroxyl groups is 1. The summed E-state index contributed by atoms with van der Waals surface area (Å²) in [6, 6.07) is 6.39. The molecule has 0 aliphatic carbocycles. The van der Waals surface area contributed by atoms with Gasteiger partial charge in [-0.1, -0.05) is 12.1 Å². The van der Waals surface area contributed by atoms with Crippen molar-refractivity contribution in [1.29, 1.82) is 0 Å². The number of likely N-dealkylation sites (tertiary alicyclic amines) is 1. The topological polar surface area (TPSA) is 43.8 Å². The van der Waals surface area contributed by atoms with Gasteiger partial charge < -0.3 is 14.9 Å². The van der Waals surface area contributed by atoms with Crippen molar-refractivity contribution in [3.8, 4) is 0 Å². The Morgan fingerprint density at radius 2 is 1.57 bits per heavy atom. The average molecular weight is 400 g/mol. The molecule has 28 heavy (non-hydrogen) atoms. The highest BCUT2D eigenvalue weighted by atomic mass is 19.4. The van der Waals surface area contributed by atoms with Crippen molar-refractivity contribution in [2.45, 2.75) is 68.3 Å². The first-order valence-corrected chi connectivity index (χ1v) is 9.80. The molecule has 154 valence electrons. The molecular weight excluding hydrogens is 376 g/mol. The number of piperidine rings is 2. The molecule has 3 saturated heterocycles. The van der Waals surface area contributed by atoms with Crippen LogP contribution in [0.3, 0.4) is 0 Å². The summed E-state index contributed by atoms with van der Waals surface area (Å²) in [4.78, 5) is 16.3. The summed E-state index contributed by atoms with van der Waals surface area (Å²) in [7, 11) is 0. The van der Waals surface area contributed by atoms with E-state index in [1.807, 2.05) is 4.90 Å². The maximum Gasteiger partial charge on any atom is 0.417 e. The van der Waals surface area contributed by atoms with Crippen LogP contribution >= 0.6 is 0 Å². The highest BCUT2D eigenvalue weighted by Crippen LogP contribution is 2.44. The number of hydrogen-bond acceptors (Lipinski definition) is 2. The molecule has 1 aromatic rings. The first kappa shape index (κ1) is 19.5. The second-order valence-electron chi connectivity index (χ2n) is 8.31. The second-order valence-corrected chi connectivity index (χ2v) is 8.31. The summed E-state index contributed by atoms with van der Waals surface area (Å²) in [6.45, 7) is -0.182. The fraction of sp³-hybridized carbons (Fsp3) is 0.650. The number of urea groups is 1. The quantitative estimate of drug-likeness (QED) is 0.723. The average Bonchev–Trinajstić information content (AvgIpc) is 2.91. The molecule has 4 nitrogen and oxygen atoms in total. The molecule has 0 radical (unpaired) electrons. The molecule has 2 amide bonds. The monoisotopic (exact) mass is 400 g/mol. The minimum absolute atomic E-state index is 0.0599. The van der Waals surface area contributed by atoms with E-state index in [1.165, 1.54) is 17.0 Å². The summed E-state index contributed by atoms with van der Waals surface area (Å²) < 4.78 is 52.1. The second kappa shape index (κ2) is 6.90. The first-order chi connectivity index (χ1) is 13.2. The molecule has 4 rings (SSSR count). The van der Waals surface area contributed by atoms with Crippen molar-refractivity contribution in [1.82, 2.24) is 9.80 Å². The molecule has 1 aromatic carbocycles. The third-order valence-corrected chi connectivity index (χ3v) is 6.68. The van der Waals surface area contributed by atoms with E-state index < -0.39 is 24.6 Å². The van der Waals surface area contributed by atoms with Gasteiger partial charge in [-0.15, -0.1) is 0 Å². The Hall–Kier alpha value is -1.83. The zero-order valence-corrected chi connectivity index (χ0v) is 15.5. The van der Waals surface area contributed by atoms with E-state index in [4.69, 9.17) is 0 Å². The number of amides is 2. The highest BCUT2D eigenvalue weighted by molar-refractivity contribution is 5.76. The fourth-order valence-corrected chi connectivity index (χ4v) is 5.01. The molecule has 0 spiro atoms. The summed E-state index contributed by atoms with van der Waals surface area (Å²) in [5, 5.41) is 9.81. The van der Waals surface area contributed by atoms with E-state index in [0.717, 1.165) is 31.2 Å². The van der Waals surface area contributed by atoms with Crippen LogP contribution in [0.2, 0.25) is 0 Å². The van der Waals surface area contributed by atoms with Gasteiger partial charge in [0.05, 0.1) is 0 Å². The Morgan fingerprint density at radius 3 is 2.07 bits per heavy atom. The maximum atomic E-state index is 13.2. The third-order valence-electron chi connectivity index (χ3n) is 6.68. The van der Waals surface area contributed by atoms with Gasteiger partial charge in [0.15, 0.2) is 5.60 Å². The number of alkyl halides is 3. The van der Waals surface area contributed by atoms with Crippen LogP contribution in [0.5, 0.6) is 0 Å². The number of carbonyl (C=O) groups excluding carboxylic acids is 1. The summed E-state index contributed by atoms with van der Waals surface area (Å²) >= 11 is 0. The van der Waals surface area contributed by atoms with Gasteiger partial charge >= 0.3 is 12.2 Å². The Labute approximate surface area is 161 Å². The summed E-state index contributed by atoms with van der Waals surface area (Å²) in [6.07, 6.45) is -2.30. The smallest absolute Gasteiger partial charge is 0.380 e. The van der Waals surface area contributed by atoms with Gasteiger partial charge in [-0.2, -0.15) is 13.2 Å². The van der Waals surface area contributed by atoms with E-state index in [0.29, 0.717) is 0 Å². The minimum Gasteiger partial charge on any atom is -0.380 e. The van der Waals surface area contributed by atoms with Crippen LogP contribution in [0.15, 0.2) is 24.3 Å². The third kappa shape index (κ3) is 3.36. The Morgan fingerprint density at radius 1 is 1.04 bits per heavy atom. The van der Waals surface area contributed by atoms with Gasteiger partial charge in [-0.25, -0.2) is 9.18 Å². The highest BCUT2D eigenvalue weighted by Gasteiger charge is 2.55. The lowest BCUT2D eigenvalue weighted by Crippen LogP contribution is -2.58. The molecule has 1 N–H and O–H groups in total. The van der Waals surface area contributed by atoms with E-state index in [2.05, 4.69) is 0 Å². The molecule has 0 saturated carbocycles. The minimum atomic E-state index is -4.67. The normalized spacial score (nSPS) is 29.8. The number of hydrogen-bond donors (Lipinski definition) is 1. The molecule has 1 unspecified atom stereocenters. The van der Waals surface area contributed by atoms with E-state index >= 15 is 0 Å². The number of rotatable bonds is 1. The number of nitrogens with zero attached hydrogens (tertiary/aromatic N) is 2. The van der Waals surface area contributed by atoms with Gasteiger partial charge in [0.1, 0.15) is 5.82 Å². The molecule has 2 bridgehead atoms. The van der Waals surface area contributed by atoms with E-state index in [1.54, 1.807) is 12.1 Å². The van der Waals surface area contributed by atoms with Crippen LogP contribution in [0, 0.1) is 5.82 Å². The standard InChI is InChI=1S/C20H24F4N2O2/c21-15-3-1-13(2-4-15)14-11-16-5-6-17(12-14)26(16)18(27)25-9-7-19(28,8-10-25)20(22,23)24/h1-4,14,16-17,28H,5-12H2/t14?,16-,17+. The Balaban J connectivity index is 1.41. The number of fused-ring (bicyclic) bond motifs is 2. The lowest BCUT2D eigenvalue weighted by atomic mass is 9.85. The van der Waals surface area contributed by atoms with Crippen molar-refractivity contribution in [3.63, 3.8) is 0 Å². The first-order valence-electron chi connectivity index (χ1n) is 9.80. The van der Waals surface area contributed by atoms with Gasteiger partial charge in [0.25, 0.3) is 0 Å². The molecule has 0 aromatic heterocycles. The molecule has 3 aliphatic rings. The largest absolute Gasteiger partial charge is 0.417 e. The SMILES string of the molecule is O=C(N1CCC(O)(C(F)(F)F)CC1)N1[C@@H]2CC[C@H]1CC(c1ccc(F)cc1)C2. The van der Waals surface area contributed by atoms with Crippen molar-refractivity contribution in [2.75, 3.05) is 13.1 Å². The van der Waals surface area contributed by atoms with Crippen LogP contribution in [0.1, 0.15) is 50.0 Å². The van der Waals surface area contributed by atoms with Gasteiger partial charge in [-0.3, -0.25) is 0 Å². The summed E-state index contributed by atoms with van der Waals surface area (Å²) in [5.41, 5.74) is -1.63. The molecule has 8 heteroatoms. The lowest BCUT2D eigenvalue weighted by Gasteiger charge is -2.44. The molecule has 3 heterocycles. The van der Waals surface area contributed by atoms with Crippen molar-refractivity contribution in [2.24, 2.45) is 0 Å². The molecule has 3 atom stereocenters. The van der Waals surface area contributed by atoms with Crippen LogP contribution in [-0.4, -0.2) is 57.9 Å². The van der Waals surface area contributed by atoms with Crippen LogP contribution in [0.25, 0.3) is 0 Å². The number of benzene rings is 1. The van der Waals surface area contributed by atoms with Crippen LogP contribution < -0.4 is 0 Å². The predicted molar refractivity (Wildman–Crippen MR) is 94.2 cm³/mol. The molecule has 3 fully saturated rings. The lowest BCUT2D eigenvalue weighted by molar-refractivity contribution is -0.271. The van der Waals surface area contributed by atoms with Crippen LogP contribution in [0.4, 0.5) is 22.4 Å². The van der Waals surface area contributed by atoms with Gasteiger partial charge in [-0.05, 0) is 49.3 Å². The molecule has 3 aliphatic heterocycles. The van der Waals surface area contributed by atoms with Crippen molar-refractivity contribution >= 4 is 6.03 Å².